The Morgan fingerprint density at radius 1 is 1.29 bits per heavy atom. The molecule has 2 nitrogen and oxygen atoms in total. The van der Waals surface area contributed by atoms with E-state index in [0.29, 0.717) is 18.8 Å². The molecular weight excluding hydrogens is 274 g/mol. The van der Waals surface area contributed by atoms with Gasteiger partial charge in [0.05, 0.1) is 6.10 Å². The van der Waals surface area contributed by atoms with Gasteiger partial charge in [-0.15, -0.1) is 0 Å². The minimum Gasteiger partial charge on any atom is -0.485 e. The second kappa shape index (κ2) is 6.30. The molecule has 0 amide bonds. The van der Waals surface area contributed by atoms with Gasteiger partial charge in [-0.2, -0.15) is 4.39 Å². The average molecular weight is 298 g/mol. The van der Waals surface area contributed by atoms with Crippen LogP contribution in [0.4, 0.5) is 8.78 Å². The Kier molecular flexibility index (Phi) is 4.87. The average Bonchev–Trinajstić information content (AvgIpc) is 2.46. The molecule has 0 bridgehead atoms. The van der Waals surface area contributed by atoms with Crippen LogP contribution in [0.2, 0.25) is 0 Å². The third-order valence-corrected chi connectivity index (χ3v) is 4.97. The second-order valence-corrected chi connectivity index (χ2v) is 6.63. The smallest absolute Gasteiger partial charge is 0.200 e. The van der Waals surface area contributed by atoms with Gasteiger partial charge in [-0.05, 0) is 42.7 Å². The van der Waals surface area contributed by atoms with E-state index < -0.39 is 23.8 Å². The normalized spacial score (nSPS) is 26.7. The summed E-state index contributed by atoms with van der Waals surface area (Å²) in [5.74, 6) is -1.62. The lowest BCUT2D eigenvalue weighted by atomic mass is 9.68. The first-order valence-electron chi connectivity index (χ1n) is 7.64. The molecule has 1 N–H and O–H groups in total. The Labute approximate surface area is 125 Å². The molecule has 1 aliphatic rings. The third kappa shape index (κ3) is 3.54. The minimum atomic E-state index is -0.985. The van der Waals surface area contributed by atoms with Crippen molar-refractivity contribution in [3.63, 3.8) is 0 Å². The lowest BCUT2D eigenvalue weighted by molar-refractivity contribution is -0.0349. The molecule has 0 saturated heterocycles. The molecule has 0 aliphatic heterocycles. The predicted molar refractivity (Wildman–Crippen MR) is 78.2 cm³/mol. The van der Waals surface area contributed by atoms with Crippen molar-refractivity contribution in [1.29, 1.82) is 0 Å². The fourth-order valence-corrected chi connectivity index (χ4v) is 2.98. The highest BCUT2D eigenvalue weighted by Crippen LogP contribution is 2.41. The molecule has 2 rings (SSSR count). The molecular formula is C17H24F2O2. The molecule has 0 radical (unpaired) electrons. The van der Waals surface area contributed by atoms with E-state index in [1.54, 1.807) is 0 Å². The maximum atomic E-state index is 13.7. The van der Waals surface area contributed by atoms with Gasteiger partial charge >= 0.3 is 0 Å². The van der Waals surface area contributed by atoms with Crippen LogP contribution in [0, 0.1) is 23.0 Å². The maximum absolute atomic E-state index is 13.7. The van der Waals surface area contributed by atoms with Gasteiger partial charge in [-0.1, -0.05) is 33.3 Å². The lowest BCUT2D eigenvalue weighted by Crippen LogP contribution is -2.42. The number of rotatable bonds is 4. The zero-order valence-corrected chi connectivity index (χ0v) is 12.9. The van der Waals surface area contributed by atoms with Crippen LogP contribution in [0.15, 0.2) is 18.2 Å². The number of hydrogen-bond acceptors (Lipinski definition) is 2. The van der Waals surface area contributed by atoms with Gasteiger partial charge < -0.3 is 9.84 Å². The Balaban J connectivity index is 2.12. The van der Waals surface area contributed by atoms with E-state index in [4.69, 9.17) is 4.74 Å². The highest BCUT2D eigenvalue weighted by Gasteiger charge is 2.38. The van der Waals surface area contributed by atoms with E-state index in [1.165, 1.54) is 12.1 Å². The summed E-state index contributed by atoms with van der Waals surface area (Å²) in [6.45, 7) is 6.55. The van der Waals surface area contributed by atoms with Crippen molar-refractivity contribution in [3.8, 4) is 5.75 Å². The molecule has 1 saturated carbocycles. The van der Waals surface area contributed by atoms with Crippen molar-refractivity contribution in [3.05, 3.63) is 29.8 Å². The third-order valence-electron chi connectivity index (χ3n) is 4.97. The first-order chi connectivity index (χ1) is 9.85. The molecule has 21 heavy (non-hydrogen) atoms. The van der Waals surface area contributed by atoms with Crippen molar-refractivity contribution in [2.75, 3.05) is 0 Å². The van der Waals surface area contributed by atoms with Crippen molar-refractivity contribution in [1.82, 2.24) is 0 Å². The SMILES string of the molecule is CCC(C)(C)C1CCC(O)C(Oc2cccc(F)c2F)C1. The summed E-state index contributed by atoms with van der Waals surface area (Å²) in [5, 5.41) is 10.1. The van der Waals surface area contributed by atoms with Gasteiger partial charge in [0, 0.05) is 0 Å². The number of benzene rings is 1. The van der Waals surface area contributed by atoms with E-state index in [9.17, 15) is 13.9 Å². The van der Waals surface area contributed by atoms with E-state index in [1.807, 2.05) is 0 Å². The number of hydrogen-bond donors (Lipinski definition) is 1. The maximum Gasteiger partial charge on any atom is 0.200 e. The van der Waals surface area contributed by atoms with Gasteiger partial charge in [0.15, 0.2) is 11.6 Å². The first-order valence-corrected chi connectivity index (χ1v) is 7.64. The van der Waals surface area contributed by atoms with Crippen LogP contribution in [-0.4, -0.2) is 17.3 Å². The molecule has 1 fully saturated rings. The van der Waals surface area contributed by atoms with Crippen LogP contribution in [-0.2, 0) is 0 Å². The molecule has 4 heteroatoms. The monoisotopic (exact) mass is 298 g/mol. The van der Waals surface area contributed by atoms with Crippen LogP contribution in [0.3, 0.4) is 0 Å². The molecule has 3 atom stereocenters. The van der Waals surface area contributed by atoms with E-state index in [0.717, 1.165) is 18.9 Å². The zero-order valence-electron chi connectivity index (χ0n) is 12.9. The summed E-state index contributed by atoms with van der Waals surface area (Å²) < 4.78 is 32.5. The van der Waals surface area contributed by atoms with Crippen molar-refractivity contribution >= 4 is 0 Å². The van der Waals surface area contributed by atoms with Gasteiger partial charge in [0.25, 0.3) is 0 Å². The van der Waals surface area contributed by atoms with Crippen LogP contribution >= 0.6 is 0 Å². The summed E-state index contributed by atoms with van der Waals surface area (Å²) >= 11 is 0. The molecule has 3 unspecified atom stereocenters. The van der Waals surface area contributed by atoms with Crippen LogP contribution in [0.25, 0.3) is 0 Å². The first kappa shape index (κ1) is 16.2. The predicted octanol–water partition coefficient (Wildman–Crippen LogP) is 4.31. The lowest BCUT2D eigenvalue weighted by Gasteiger charge is -2.41. The summed E-state index contributed by atoms with van der Waals surface area (Å²) in [5.41, 5.74) is 0.155. The Morgan fingerprint density at radius 3 is 2.67 bits per heavy atom. The number of halogens is 2. The fourth-order valence-electron chi connectivity index (χ4n) is 2.98. The van der Waals surface area contributed by atoms with E-state index >= 15 is 0 Å². The van der Waals surface area contributed by atoms with Crippen LogP contribution in [0.1, 0.15) is 46.5 Å². The Bertz CT molecular complexity index is 488. The molecule has 1 aliphatic carbocycles. The Hall–Kier alpha value is -1.16. The highest BCUT2D eigenvalue weighted by molar-refractivity contribution is 5.25. The van der Waals surface area contributed by atoms with Crippen molar-refractivity contribution in [2.45, 2.75) is 58.7 Å². The number of aliphatic hydroxyl groups excluding tert-OH is 1. The molecule has 1 aromatic rings. The van der Waals surface area contributed by atoms with E-state index in [-0.39, 0.29) is 11.2 Å². The van der Waals surface area contributed by atoms with Crippen molar-refractivity contribution < 1.29 is 18.6 Å². The van der Waals surface area contributed by atoms with Gasteiger partial charge in [-0.25, -0.2) is 4.39 Å². The van der Waals surface area contributed by atoms with Gasteiger partial charge in [0.1, 0.15) is 6.10 Å². The molecule has 0 aromatic heterocycles. The number of aliphatic hydroxyl groups is 1. The summed E-state index contributed by atoms with van der Waals surface area (Å²) in [4.78, 5) is 0. The quantitative estimate of drug-likeness (QED) is 0.897. The van der Waals surface area contributed by atoms with Crippen LogP contribution in [0.5, 0.6) is 5.75 Å². The van der Waals surface area contributed by atoms with Gasteiger partial charge in [0.2, 0.25) is 5.82 Å². The fraction of sp³-hybridized carbons (Fsp3) is 0.647. The van der Waals surface area contributed by atoms with E-state index in [2.05, 4.69) is 20.8 Å². The number of ether oxygens (including phenoxy) is 1. The summed E-state index contributed by atoms with van der Waals surface area (Å²) in [7, 11) is 0. The second-order valence-electron chi connectivity index (χ2n) is 6.63. The molecule has 1 aromatic carbocycles. The largest absolute Gasteiger partial charge is 0.485 e. The van der Waals surface area contributed by atoms with Crippen molar-refractivity contribution in [2.24, 2.45) is 11.3 Å². The summed E-state index contributed by atoms with van der Waals surface area (Å²) in [6.07, 6.45) is 2.16. The molecule has 0 heterocycles. The minimum absolute atomic E-state index is 0.117. The topological polar surface area (TPSA) is 29.5 Å². The van der Waals surface area contributed by atoms with Gasteiger partial charge in [-0.3, -0.25) is 0 Å². The highest BCUT2D eigenvalue weighted by atomic mass is 19.2. The standard InChI is InChI=1S/C17H24F2O2/c1-4-17(2,3)11-8-9-13(20)15(10-11)21-14-7-5-6-12(18)16(14)19/h5-7,11,13,15,20H,4,8-10H2,1-3H3. The Morgan fingerprint density at radius 2 is 2.00 bits per heavy atom. The zero-order chi connectivity index (χ0) is 15.6. The summed E-state index contributed by atoms with van der Waals surface area (Å²) in [6, 6.07) is 3.87. The molecule has 0 spiro atoms. The van der Waals surface area contributed by atoms with Crippen LogP contribution < -0.4 is 4.74 Å². The molecule has 118 valence electrons.